The highest BCUT2D eigenvalue weighted by Gasteiger charge is 2.20. The van der Waals surface area contributed by atoms with Gasteiger partial charge >= 0.3 is 0 Å². The summed E-state index contributed by atoms with van der Waals surface area (Å²) in [5.74, 6) is 1.91. The van der Waals surface area contributed by atoms with Crippen molar-refractivity contribution in [3.8, 4) is 0 Å². The summed E-state index contributed by atoms with van der Waals surface area (Å²) >= 11 is 0. The second-order valence-corrected chi connectivity index (χ2v) is 4.08. The van der Waals surface area contributed by atoms with E-state index in [2.05, 4.69) is 0 Å². The van der Waals surface area contributed by atoms with Crippen LogP contribution in [0.5, 0.6) is 0 Å². The van der Waals surface area contributed by atoms with Gasteiger partial charge in [-0.15, -0.1) is 0 Å². The summed E-state index contributed by atoms with van der Waals surface area (Å²) in [6.07, 6.45) is 7.94. The highest BCUT2D eigenvalue weighted by atomic mass is 16.3. The molecule has 0 radical (unpaired) electrons. The highest BCUT2D eigenvalue weighted by Crippen LogP contribution is 2.30. The lowest BCUT2D eigenvalue weighted by Gasteiger charge is -2.27. The Labute approximate surface area is 79.1 Å². The summed E-state index contributed by atoms with van der Waals surface area (Å²) in [7, 11) is 0. The Hall–Kier alpha value is -0.760. The summed E-state index contributed by atoms with van der Waals surface area (Å²) in [5, 5.41) is 0. The Morgan fingerprint density at radius 3 is 2.92 bits per heavy atom. The number of hydrogen-bond acceptors (Lipinski definition) is 2. The van der Waals surface area contributed by atoms with E-state index in [-0.39, 0.29) is 6.04 Å². The van der Waals surface area contributed by atoms with E-state index >= 15 is 0 Å². The maximum atomic E-state index is 6.02. The van der Waals surface area contributed by atoms with Crippen LogP contribution in [0, 0.1) is 5.92 Å². The molecule has 72 valence electrons. The van der Waals surface area contributed by atoms with Gasteiger partial charge in [0.15, 0.2) is 0 Å². The summed E-state index contributed by atoms with van der Waals surface area (Å²) in [5.41, 5.74) is 6.02. The van der Waals surface area contributed by atoms with E-state index in [1.807, 2.05) is 12.1 Å². The van der Waals surface area contributed by atoms with Crippen LogP contribution < -0.4 is 5.73 Å². The Kier molecular flexibility index (Phi) is 2.69. The monoisotopic (exact) mass is 179 g/mol. The van der Waals surface area contributed by atoms with Gasteiger partial charge in [0.1, 0.15) is 5.76 Å². The zero-order valence-electron chi connectivity index (χ0n) is 7.91. The Morgan fingerprint density at radius 2 is 2.38 bits per heavy atom. The summed E-state index contributed by atoms with van der Waals surface area (Å²) < 4.78 is 5.26. The molecule has 1 atom stereocenters. The molecule has 2 rings (SSSR count). The van der Waals surface area contributed by atoms with Crippen LogP contribution in [0.2, 0.25) is 0 Å². The topological polar surface area (TPSA) is 39.2 Å². The molecule has 1 saturated carbocycles. The van der Waals surface area contributed by atoms with Gasteiger partial charge < -0.3 is 10.2 Å². The van der Waals surface area contributed by atoms with Crippen molar-refractivity contribution in [1.82, 2.24) is 0 Å². The predicted molar refractivity (Wildman–Crippen MR) is 52.3 cm³/mol. The second-order valence-electron chi connectivity index (χ2n) is 4.08. The molecule has 0 bridgehead atoms. The van der Waals surface area contributed by atoms with Crippen LogP contribution in [0.15, 0.2) is 22.8 Å². The molecular weight excluding hydrogens is 162 g/mol. The van der Waals surface area contributed by atoms with E-state index in [1.165, 1.54) is 25.7 Å². The zero-order chi connectivity index (χ0) is 9.10. The molecule has 0 saturated heterocycles. The van der Waals surface area contributed by atoms with Gasteiger partial charge in [0.25, 0.3) is 0 Å². The maximum absolute atomic E-state index is 6.02. The first-order valence-electron chi connectivity index (χ1n) is 5.12. The Morgan fingerprint density at radius 1 is 1.54 bits per heavy atom. The van der Waals surface area contributed by atoms with Gasteiger partial charge in [-0.2, -0.15) is 0 Å². The van der Waals surface area contributed by atoms with Crippen LogP contribution in [-0.2, 0) is 6.42 Å². The minimum Gasteiger partial charge on any atom is -0.469 e. The van der Waals surface area contributed by atoms with Crippen molar-refractivity contribution < 1.29 is 4.42 Å². The minimum absolute atomic E-state index is 0.288. The van der Waals surface area contributed by atoms with E-state index < -0.39 is 0 Å². The fraction of sp³-hybridized carbons (Fsp3) is 0.636. The molecule has 0 amide bonds. The smallest absolute Gasteiger partial charge is 0.105 e. The molecule has 2 heteroatoms. The molecule has 1 aromatic heterocycles. The fourth-order valence-electron chi connectivity index (χ4n) is 1.93. The van der Waals surface area contributed by atoms with Crippen molar-refractivity contribution in [2.45, 2.75) is 38.1 Å². The molecule has 0 spiro atoms. The van der Waals surface area contributed by atoms with Crippen molar-refractivity contribution >= 4 is 0 Å². The van der Waals surface area contributed by atoms with Crippen molar-refractivity contribution in [2.24, 2.45) is 11.7 Å². The molecule has 0 aromatic carbocycles. The summed E-state index contributed by atoms with van der Waals surface area (Å²) in [6, 6.07) is 4.21. The van der Waals surface area contributed by atoms with Crippen molar-refractivity contribution in [3.63, 3.8) is 0 Å². The van der Waals surface area contributed by atoms with Crippen LogP contribution in [0.4, 0.5) is 0 Å². The third kappa shape index (κ3) is 2.34. The number of nitrogens with two attached hydrogens (primary N) is 1. The normalized spacial score (nSPS) is 19.8. The average Bonchev–Trinajstić information content (AvgIpc) is 2.49. The van der Waals surface area contributed by atoms with Gasteiger partial charge in [0.2, 0.25) is 0 Å². The lowest BCUT2D eigenvalue weighted by atomic mass is 9.80. The molecule has 13 heavy (non-hydrogen) atoms. The first-order chi connectivity index (χ1) is 6.34. The van der Waals surface area contributed by atoms with E-state index in [4.69, 9.17) is 10.2 Å². The largest absolute Gasteiger partial charge is 0.469 e. The van der Waals surface area contributed by atoms with Gasteiger partial charge in [0.05, 0.1) is 6.26 Å². The standard InChI is InChI=1S/C11H17NO/c12-10(7-9-3-1-4-9)8-11-5-2-6-13-11/h2,5-6,9-10H,1,3-4,7-8,12H2. The predicted octanol–water partition coefficient (Wildman–Crippen LogP) is 2.34. The molecule has 2 nitrogen and oxygen atoms in total. The fourth-order valence-corrected chi connectivity index (χ4v) is 1.93. The van der Waals surface area contributed by atoms with Crippen molar-refractivity contribution in [3.05, 3.63) is 24.2 Å². The van der Waals surface area contributed by atoms with Gasteiger partial charge in [-0.05, 0) is 24.5 Å². The van der Waals surface area contributed by atoms with Gasteiger partial charge in [-0.3, -0.25) is 0 Å². The molecule has 1 heterocycles. The Bertz CT molecular complexity index is 239. The van der Waals surface area contributed by atoms with E-state index in [9.17, 15) is 0 Å². The highest BCUT2D eigenvalue weighted by molar-refractivity contribution is 5.00. The number of rotatable bonds is 4. The van der Waals surface area contributed by atoms with E-state index in [1.54, 1.807) is 6.26 Å². The van der Waals surface area contributed by atoms with E-state index in [0.29, 0.717) is 0 Å². The van der Waals surface area contributed by atoms with Crippen molar-refractivity contribution in [1.29, 1.82) is 0 Å². The van der Waals surface area contributed by atoms with Crippen LogP contribution in [0.3, 0.4) is 0 Å². The number of furan rings is 1. The van der Waals surface area contributed by atoms with Crippen LogP contribution in [-0.4, -0.2) is 6.04 Å². The molecule has 1 unspecified atom stereocenters. The van der Waals surface area contributed by atoms with Gasteiger partial charge in [-0.1, -0.05) is 19.3 Å². The second kappa shape index (κ2) is 3.97. The zero-order valence-corrected chi connectivity index (χ0v) is 7.91. The summed E-state index contributed by atoms with van der Waals surface area (Å²) in [6.45, 7) is 0. The molecule has 1 aliphatic rings. The number of hydrogen-bond donors (Lipinski definition) is 1. The maximum Gasteiger partial charge on any atom is 0.105 e. The molecule has 1 fully saturated rings. The van der Waals surface area contributed by atoms with Gasteiger partial charge in [-0.25, -0.2) is 0 Å². The lowest BCUT2D eigenvalue weighted by molar-refractivity contribution is 0.272. The SMILES string of the molecule is NC(Cc1ccco1)CC1CCC1. The molecule has 1 aromatic rings. The third-order valence-corrected chi connectivity index (χ3v) is 2.90. The third-order valence-electron chi connectivity index (χ3n) is 2.90. The average molecular weight is 179 g/mol. The van der Waals surface area contributed by atoms with Gasteiger partial charge in [0, 0.05) is 12.5 Å². The molecule has 1 aliphatic carbocycles. The first-order valence-corrected chi connectivity index (χ1v) is 5.12. The lowest BCUT2D eigenvalue weighted by Crippen LogP contribution is -2.28. The molecule has 2 N–H and O–H groups in total. The van der Waals surface area contributed by atoms with Crippen LogP contribution in [0.1, 0.15) is 31.4 Å². The first kappa shape index (κ1) is 8.82. The quantitative estimate of drug-likeness (QED) is 0.770. The molecular formula is C11H17NO. The van der Waals surface area contributed by atoms with Crippen LogP contribution in [0.25, 0.3) is 0 Å². The molecule has 0 aliphatic heterocycles. The van der Waals surface area contributed by atoms with E-state index in [0.717, 1.165) is 18.1 Å². The van der Waals surface area contributed by atoms with Crippen molar-refractivity contribution in [2.75, 3.05) is 0 Å². The van der Waals surface area contributed by atoms with Crippen LogP contribution >= 0.6 is 0 Å². The Balaban J connectivity index is 1.74. The summed E-state index contributed by atoms with van der Waals surface area (Å²) in [4.78, 5) is 0. The minimum atomic E-state index is 0.288.